The molecule has 3 aliphatic rings. The summed E-state index contributed by atoms with van der Waals surface area (Å²) in [6, 6.07) is 0. The Morgan fingerprint density at radius 3 is 2.39 bits per heavy atom. The van der Waals surface area contributed by atoms with E-state index in [1.54, 1.807) is 0 Å². The molecule has 4 atom stereocenters. The number of unbranched alkanes of at least 4 members (excludes halogenated alkanes) is 2. The molecule has 1 aromatic rings. The number of thioether (sulfide) groups is 2. The molecule has 1 aromatic heterocycles. The zero-order valence-electron chi connectivity index (χ0n) is 20.6. The third kappa shape index (κ3) is 6.66. The number of aromatic nitrogens is 2. The van der Waals surface area contributed by atoms with Gasteiger partial charge >= 0.3 is 11.9 Å². The SMILES string of the molecule is CCCCOC(=O)CC(Sc1nnc(SC2(C)CCC3CC2C3(C)C)s1)C(=O)OCCCC. The van der Waals surface area contributed by atoms with E-state index in [2.05, 4.69) is 31.0 Å². The van der Waals surface area contributed by atoms with Crippen molar-refractivity contribution < 1.29 is 19.1 Å². The van der Waals surface area contributed by atoms with Gasteiger partial charge in [-0.3, -0.25) is 9.59 Å². The number of rotatable bonds is 13. The minimum Gasteiger partial charge on any atom is -0.466 e. The molecule has 0 amide bonds. The van der Waals surface area contributed by atoms with Crippen molar-refractivity contribution in [3.63, 3.8) is 0 Å². The lowest BCUT2D eigenvalue weighted by Crippen LogP contribution is -2.58. The van der Waals surface area contributed by atoms with E-state index in [4.69, 9.17) is 9.47 Å². The van der Waals surface area contributed by atoms with Crippen molar-refractivity contribution in [1.29, 1.82) is 0 Å². The minimum absolute atomic E-state index is 0.0171. The summed E-state index contributed by atoms with van der Waals surface area (Å²) >= 11 is 4.62. The summed E-state index contributed by atoms with van der Waals surface area (Å²) in [4.78, 5) is 25.0. The highest BCUT2D eigenvalue weighted by molar-refractivity contribution is 8.04. The van der Waals surface area contributed by atoms with E-state index < -0.39 is 5.25 Å². The van der Waals surface area contributed by atoms with Gasteiger partial charge in [0.15, 0.2) is 8.68 Å². The van der Waals surface area contributed by atoms with Gasteiger partial charge in [-0.2, -0.15) is 0 Å². The summed E-state index contributed by atoms with van der Waals surface area (Å²) in [7, 11) is 0. The highest BCUT2D eigenvalue weighted by Gasteiger charge is 2.59. The lowest BCUT2D eigenvalue weighted by Gasteiger charge is -2.64. The molecule has 0 aromatic carbocycles. The molecule has 0 aliphatic heterocycles. The molecule has 0 saturated heterocycles. The summed E-state index contributed by atoms with van der Waals surface area (Å²) in [6.07, 6.45) is 7.29. The van der Waals surface area contributed by atoms with Crippen LogP contribution in [0, 0.1) is 17.3 Å². The van der Waals surface area contributed by atoms with Gasteiger partial charge in [-0.05, 0) is 56.3 Å². The number of esters is 2. The lowest BCUT2D eigenvalue weighted by atomic mass is 9.45. The third-order valence-electron chi connectivity index (χ3n) is 7.27. The standard InChI is InChI=1S/C24H38N2O4S3/c1-6-8-12-29-19(27)15-17(20(28)30-13-9-7-2)31-21-25-26-22(32-21)33-24(5)11-10-16-14-18(24)23(16,3)4/h16-18H,6-15H2,1-5H3. The average Bonchev–Trinajstić information content (AvgIpc) is 3.19. The summed E-state index contributed by atoms with van der Waals surface area (Å²) in [5.74, 6) is 0.789. The van der Waals surface area contributed by atoms with Crippen LogP contribution >= 0.6 is 34.9 Å². The Morgan fingerprint density at radius 2 is 1.76 bits per heavy atom. The molecular formula is C24H38N2O4S3. The van der Waals surface area contributed by atoms with Gasteiger partial charge in [0.25, 0.3) is 0 Å². The van der Waals surface area contributed by atoms with Gasteiger partial charge in [-0.1, -0.05) is 75.4 Å². The summed E-state index contributed by atoms with van der Waals surface area (Å²) in [6.45, 7) is 12.0. The van der Waals surface area contributed by atoms with Gasteiger partial charge in [0, 0.05) is 4.75 Å². The summed E-state index contributed by atoms with van der Waals surface area (Å²) in [5.41, 5.74) is 0.397. The van der Waals surface area contributed by atoms with Crippen LogP contribution in [0.25, 0.3) is 0 Å². The van der Waals surface area contributed by atoms with Crippen LogP contribution in [-0.2, 0) is 19.1 Å². The maximum Gasteiger partial charge on any atom is 0.320 e. The average molecular weight is 515 g/mol. The maximum absolute atomic E-state index is 12.7. The van der Waals surface area contributed by atoms with E-state index in [0.717, 1.165) is 35.9 Å². The van der Waals surface area contributed by atoms with Crippen LogP contribution in [0.3, 0.4) is 0 Å². The van der Waals surface area contributed by atoms with Crippen LogP contribution in [-0.4, -0.2) is 45.3 Å². The molecule has 6 nitrogen and oxygen atoms in total. The molecule has 3 fully saturated rings. The van der Waals surface area contributed by atoms with Gasteiger partial charge in [0.05, 0.1) is 19.6 Å². The Morgan fingerprint density at radius 1 is 1.09 bits per heavy atom. The highest BCUT2D eigenvalue weighted by atomic mass is 32.2. The molecule has 33 heavy (non-hydrogen) atoms. The van der Waals surface area contributed by atoms with Crippen molar-refractivity contribution in [2.75, 3.05) is 13.2 Å². The van der Waals surface area contributed by atoms with Crippen molar-refractivity contribution in [2.24, 2.45) is 17.3 Å². The fourth-order valence-electron chi connectivity index (χ4n) is 5.03. The molecule has 3 aliphatic carbocycles. The number of carbonyl (C=O) groups excluding carboxylic acids is 2. The Labute approximate surface area is 210 Å². The number of fused-ring (bicyclic) bond motifs is 2. The first-order valence-corrected chi connectivity index (χ1v) is 14.7. The number of hydrogen-bond donors (Lipinski definition) is 0. The van der Waals surface area contributed by atoms with Crippen molar-refractivity contribution >= 4 is 46.8 Å². The van der Waals surface area contributed by atoms with Crippen LogP contribution in [0.1, 0.15) is 86.0 Å². The normalized spacial score (nSPS) is 26.3. The van der Waals surface area contributed by atoms with E-state index in [1.807, 2.05) is 25.6 Å². The molecule has 2 bridgehead atoms. The largest absolute Gasteiger partial charge is 0.466 e. The first-order chi connectivity index (χ1) is 15.7. The molecule has 4 rings (SSSR count). The second kappa shape index (κ2) is 11.8. The number of nitrogens with zero attached hydrogens (tertiary/aromatic N) is 2. The van der Waals surface area contributed by atoms with Crippen LogP contribution in [0.5, 0.6) is 0 Å². The van der Waals surface area contributed by atoms with E-state index in [9.17, 15) is 9.59 Å². The van der Waals surface area contributed by atoms with Crippen LogP contribution in [0.15, 0.2) is 8.68 Å². The molecule has 186 valence electrons. The maximum atomic E-state index is 12.7. The monoisotopic (exact) mass is 514 g/mol. The zero-order valence-corrected chi connectivity index (χ0v) is 23.0. The second-order valence-corrected chi connectivity index (χ2v) is 14.2. The Bertz CT molecular complexity index is 813. The molecule has 3 saturated carbocycles. The minimum atomic E-state index is -0.668. The van der Waals surface area contributed by atoms with Gasteiger partial charge < -0.3 is 9.47 Å². The third-order valence-corrected chi connectivity index (χ3v) is 11.0. The molecule has 4 unspecified atom stereocenters. The van der Waals surface area contributed by atoms with Gasteiger partial charge in [0.2, 0.25) is 0 Å². The van der Waals surface area contributed by atoms with Crippen molar-refractivity contribution in [2.45, 2.75) is 105 Å². The van der Waals surface area contributed by atoms with E-state index in [-0.39, 0.29) is 23.1 Å². The molecule has 0 spiro atoms. The van der Waals surface area contributed by atoms with Crippen molar-refractivity contribution in [1.82, 2.24) is 10.2 Å². The van der Waals surface area contributed by atoms with E-state index in [1.165, 1.54) is 42.4 Å². The van der Waals surface area contributed by atoms with Crippen LogP contribution < -0.4 is 0 Å². The molecule has 1 heterocycles. The Kier molecular flexibility index (Phi) is 9.55. The smallest absolute Gasteiger partial charge is 0.320 e. The number of hydrogen-bond acceptors (Lipinski definition) is 9. The zero-order chi connectivity index (χ0) is 24.1. The van der Waals surface area contributed by atoms with Crippen LogP contribution in [0.4, 0.5) is 0 Å². The van der Waals surface area contributed by atoms with Crippen molar-refractivity contribution in [3.05, 3.63) is 0 Å². The van der Waals surface area contributed by atoms with Crippen molar-refractivity contribution in [3.8, 4) is 0 Å². The fraction of sp³-hybridized carbons (Fsp3) is 0.833. The van der Waals surface area contributed by atoms with Gasteiger partial charge in [0.1, 0.15) is 5.25 Å². The predicted molar refractivity (Wildman–Crippen MR) is 135 cm³/mol. The lowest BCUT2D eigenvalue weighted by molar-refractivity contribution is -0.149. The molecule has 0 radical (unpaired) electrons. The Hall–Kier alpha value is -0.800. The molecule has 0 N–H and O–H groups in total. The van der Waals surface area contributed by atoms with E-state index in [0.29, 0.717) is 28.9 Å². The first-order valence-electron chi connectivity index (χ1n) is 12.2. The number of carbonyl (C=O) groups is 2. The molecular weight excluding hydrogens is 476 g/mol. The number of ether oxygens (including phenoxy) is 2. The van der Waals surface area contributed by atoms with E-state index >= 15 is 0 Å². The van der Waals surface area contributed by atoms with Gasteiger partial charge in [-0.25, -0.2) is 0 Å². The summed E-state index contributed by atoms with van der Waals surface area (Å²) in [5, 5.41) is 8.10. The summed E-state index contributed by atoms with van der Waals surface area (Å²) < 4.78 is 12.5. The molecule has 9 heteroatoms. The predicted octanol–water partition coefficient (Wildman–Crippen LogP) is 6.38. The first kappa shape index (κ1) is 26.8. The second-order valence-electron chi connectivity index (χ2n) is 10.00. The fourth-order valence-corrected chi connectivity index (χ4v) is 9.21. The topological polar surface area (TPSA) is 78.4 Å². The highest BCUT2D eigenvalue weighted by Crippen LogP contribution is 2.67. The van der Waals surface area contributed by atoms with Crippen LogP contribution in [0.2, 0.25) is 0 Å². The quantitative estimate of drug-likeness (QED) is 0.170. The Balaban J connectivity index is 1.62. The van der Waals surface area contributed by atoms with Gasteiger partial charge in [-0.15, -0.1) is 10.2 Å².